The van der Waals surface area contributed by atoms with E-state index in [9.17, 15) is 23.1 Å². The van der Waals surface area contributed by atoms with Crippen LogP contribution in [-0.4, -0.2) is 28.3 Å². The van der Waals surface area contributed by atoms with Crippen LogP contribution >= 0.6 is 0 Å². The first-order valence-electron chi connectivity index (χ1n) is 11.5. The molecule has 3 aromatic rings. The van der Waals surface area contributed by atoms with Crippen LogP contribution in [0.5, 0.6) is 0 Å². The Bertz CT molecular complexity index is 1220. The standard InChI is InChI=1S/C28H26F3NO3/c1-17(2)27-23(13-12-22-14-21(33)15-26(34)35-22)24(16-25(32-27)19-6-4-3-5-7-19)18-8-10-20(11-9-18)28(29,30)31/h3-13,16-17,21-22,33H,14-15H2,1-2H3/b13-12+/t21-,22-/m1/s1. The van der Waals surface area contributed by atoms with Crippen molar-refractivity contribution in [1.29, 1.82) is 0 Å². The normalized spacial score (nSPS) is 18.8. The third-order valence-electron chi connectivity index (χ3n) is 5.89. The first-order valence-corrected chi connectivity index (χ1v) is 11.5. The van der Waals surface area contributed by atoms with Gasteiger partial charge in [0.1, 0.15) is 6.10 Å². The highest BCUT2D eigenvalue weighted by Crippen LogP contribution is 2.36. The van der Waals surface area contributed by atoms with Crippen LogP contribution in [0.4, 0.5) is 13.2 Å². The first-order chi connectivity index (χ1) is 16.6. The van der Waals surface area contributed by atoms with Gasteiger partial charge in [-0.15, -0.1) is 0 Å². The summed E-state index contributed by atoms with van der Waals surface area (Å²) in [5.41, 5.74) is 3.71. The number of cyclic esters (lactones) is 1. The van der Waals surface area contributed by atoms with Crippen LogP contribution in [0.2, 0.25) is 0 Å². The Morgan fingerprint density at radius 2 is 1.74 bits per heavy atom. The van der Waals surface area contributed by atoms with Crippen LogP contribution in [0.3, 0.4) is 0 Å². The highest BCUT2D eigenvalue weighted by atomic mass is 19.4. The lowest BCUT2D eigenvalue weighted by Crippen LogP contribution is -2.31. The number of carbonyl (C=O) groups is 1. The van der Waals surface area contributed by atoms with Gasteiger partial charge in [-0.3, -0.25) is 9.78 Å². The molecule has 1 aromatic heterocycles. The van der Waals surface area contributed by atoms with E-state index in [2.05, 4.69) is 0 Å². The zero-order valence-electron chi connectivity index (χ0n) is 19.4. The molecule has 1 N–H and O–H groups in total. The monoisotopic (exact) mass is 481 g/mol. The topological polar surface area (TPSA) is 59.4 Å². The number of benzene rings is 2. The lowest BCUT2D eigenvalue weighted by atomic mass is 9.91. The van der Waals surface area contributed by atoms with Gasteiger partial charge in [-0.05, 0) is 41.3 Å². The number of halogens is 3. The van der Waals surface area contributed by atoms with E-state index in [1.54, 1.807) is 12.2 Å². The lowest BCUT2D eigenvalue weighted by molar-refractivity contribution is -0.156. The van der Waals surface area contributed by atoms with Crippen molar-refractivity contribution < 1.29 is 27.8 Å². The van der Waals surface area contributed by atoms with Gasteiger partial charge in [0.05, 0.1) is 29.5 Å². The molecule has 0 radical (unpaired) electrons. The Labute approximate surface area is 202 Å². The first kappa shape index (κ1) is 24.7. The molecule has 0 saturated carbocycles. The number of nitrogens with zero attached hydrogens (tertiary/aromatic N) is 1. The SMILES string of the molecule is CC(C)c1nc(-c2ccccc2)cc(-c2ccc(C(F)(F)F)cc2)c1/C=C/[C@@H]1C[C@@H](O)CC(=O)O1. The van der Waals surface area contributed by atoms with E-state index < -0.39 is 29.9 Å². The van der Waals surface area contributed by atoms with Crippen LogP contribution in [0, 0.1) is 0 Å². The highest BCUT2D eigenvalue weighted by Gasteiger charge is 2.30. The van der Waals surface area contributed by atoms with Gasteiger partial charge in [0.25, 0.3) is 0 Å². The number of aliphatic hydroxyl groups excluding tert-OH is 1. The maximum absolute atomic E-state index is 13.2. The minimum absolute atomic E-state index is 0.00556. The maximum Gasteiger partial charge on any atom is 0.416 e. The summed E-state index contributed by atoms with van der Waals surface area (Å²) in [5.74, 6) is -0.464. The second-order valence-corrected chi connectivity index (χ2v) is 8.93. The van der Waals surface area contributed by atoms with E-state index in [1.807, 2.05) is 50.2 Å². The number of aliphatic hydroxyl groups is 1. The Hall–Kier alpha value is -3.45. The van der Waals surface area contributed by atoms with Crippen molar-refractivity contribution in [2.24, 2.45) is 0 Å². The molecule has 0 aliphatic carbocycles. The Kier molecular flexibility index (Phi) is 7.08. The molecule has 0 amide bonds. The van der Waals surface area contributed by atoms with Crippen LogP contribution in [0.1, 0.15) is 49.4 Å². The van der Waals surface area contributed by atoms with Gasteiger partial charge >= 0.3 is 12.1 Å². The quantitative estimate of drug-likeness (QED) is 0.415. The van der Waals surface area contributed by atoms with E-state index >= 15 is 0 Å². The van der Waals surface area contributed by atoms with Gasteiger partial charge in [0.15, 0.2) is 0 Å². The van der Waals surface area contributed by atoms with E-state index in [0.717, 1.165) is 34.5 Å². The second kappa shape index (κ2) is 10.0. The number of esters is 1. The zero-order chi connectivity index (χ0) is 25.2. The molecule has 0 unspecified atom stereocenters. The fourth-order valence-corrected chi connectivity index (χ4v) is 4.15. The van der Waals surface area contributed by atoms with Gasteiger partial charge in [0.2, 0.25) is 0 Å². The summed E-state index contributed by atoms with van der Waals surface area (Å²) in [7, 11) is 0. The van der Waals surface area contributed by atoms with Crippen molar-refractivity contribution in [3.05, 3.63) is 83.6 Å². The molecule has 0 spiro atoms. The largest absolute Gasteiger partial charge is 0.458 e. The zero-order valence-corrected chi connectivity index (χ0v) is 19.4. The number of pyridine rings is 1. The molecule has 7 heteroatoms. The van der Waals surface area contributed by atoms with E-state index in [0.29, 0.717) is 11.3 Å². The average Bonchev–Trinajstić information content (AvgIpc) is 2.81. The number of rotatable bonds is 5. The van der Waals surface area contributed by atoms with E-state index in [1.165, 1.54) is 12.1 Å². The summed E-state index contributed by atoms with van der Waals surface area (Å²) < 4.78 is 44.8. The summed E-state index contributed by atoms with van der Waals surface area (Å²) in [6, 6.07) is 16.5. The molecule has 2 aromatic carbocycles. The van der Waals surface area contributed by atoms with E-state index in [4.69, 9.17) is 9.72 Å². The predicted octanol–water partition coefficient (Wildman–Crippen LogP) is 6.64. The molecule has 4 nitrogen and oxygen atoms in total. The summed E-state index contributed by atoms with van der Waals surface area (Å²) in [4.78, 5) is 16.6. The minimum atomic E-state index is -4.43. The molecule has 2 atom stereocenters. The van der Waals surface area contributed by atoms with Gasteiger partial charge in [-0.2, -0.15) is 13.2 Å². The Balaban J connectivity index is 1.86. The molecule has 2 heterocycles. The number of carbonyl (C=O) groups excluding carboxylic acids is 1. The molecule has 1 aliphatic heterocycles. The van der Waals surface area contributed by atoms with Crippen LogP contribution in [-0.2, 0) is 15.7 Å². The average molecular weight is 482 g/mol. The number of hydrogen-bond acceptors (Lipinski definition) is 4. The van der Waals surface area contributed by atoms with Gasteiger partial charge < -0.3 is 9.84 Å². The van der Waals surface area contributed by atoms with Crippen molar-refractivity contribution in [2.45, 2.75) is 51.0 Å². The van der Waals surface area contributed by atoms with Crippen LogP contribution in [0.25, 0.3) is 28.5 Å². The Morgan fingerprint density at radius 3 is 2.34 bits per heavy atom. The fourth-order valence-electron chi connectivity index (χ4n) is 4.15. The summed E-state index contributed by atoms with van der Waals surface area (Å²) >= 11 is 0. The van der Waals surface area contributed by atoms with E-state index in [-0.39, 0.29) is 18.8 Å². The van der Waals surface area contributed by atoms with Crippen molar-refractivity contribution >= 4 is 12.0 Å². The maximum atomic E-state index is 13.2. The van der Waals surface area contributed by atoms with Gasteiger partial charge in [-0.1, -0.05) is 62.4 Å². The molecule has 4 rings (SSSR count). The van der Waals surface area contributed by atoms with Gasteiger partial charge in [0, 0.05) is 17.5 Å². The molecule has 1 saturated heterocycles. The molecular weight excluding hydrogens is 455 g/mol. The number of ether oxygens (including phenoxy) is 1. The number of alkyl halides is 3. The molecule has 1 aliphatic rings. The number of aromatic nitrogens is 1. The molecule has 35 heavy (non-hydrogen) atoms. The van der Waals surface area contributed by atoms with Crippen molar-refractivity contribution in [3.63, 3.8) is 0 Å². The number of hydrogen-bond donors (Lipinski definition) is 1. The minimum Gasteiger partial charge on any atom is -0.458 e. The Morgan fingerprint density at radius 1 is 1.06 bits per heavy atom. The van der Waals surface area contributed by atoms with Crippen molar-refractivity contribution in [2.75, 3.05) is 0 Å². The van der Waals surface area contributed by atoms with Crippen molar-refractivity contribution in [3.8, 4) is 22.4 Å². The third kappa shape index (κ3) is 5.80. The van der Waals surface area contributed by atoms with Crippen LogP contribution < -0.4 is 0 Å². The lowest BCUT2D eigenvalue weighted by Gasteiger charge is -2.24. The molecule has 1 fully saturated rings. The highest BCUT2D eigenvalue weighted by molar-refractivity contribution is 5.81. The summed E-state index contributed by atoms with van der Waals surface area (Å²) in [6.07, 6.45) is -2.05. The summed E-state index contributed by atoms with van der Waals surface area (Å²) in [6.45, 7) is 3.99. The third-order valence-corrected chi connectivity index (χ3v) is 5.89. The predicted molar refractivity (Wildman–Crippen MR) is 128 cm³/mol. The molecule has 0 bridgehead atoms. The molecular formula is C28H26F3NO3. The van der Waals surface area contributed by atoms with Gasteiger partial charge in [-0.25, -0.2) is 0 Å². The smallest absolute Gasteiger partial charge is 0.416 e. The summed E-state index contributed by atoms with van der Waals surface area (Å²) in [5, 5.41) is 9.94. The second-order valence-electron chi connectivity index (χ2n) is 8.93. The van der Waals surface area contributed by atoms with Crippen LogP contribution in [0.15, 0.2) is 66.7 Å². The van der Waals surface area contributed by atoms with Crippen molar-refractivity contribution in [1.82, 2.24) is 4.98 Å². The fraction of sp³-hybridized carbons (Fsp3) is 0.286. The molecule has 182 valence electrons.